The third kappa shape index (κ3) is 3.40. The van der Waals surface area contributed by atoms with Gasteiger partial charge in [0.05, 0.1) is 4.90 Å². The van der Waals surface area contributed by atoms with Gasteiger partial charge in [-0.05, 0) is 47.1 Å². The first-order chi connectivity index (χ1) is 12.1. The molecule has 1 aliphatic rings. The summed E-state index contributed by atoms with van der Waals surface area (Å²) in [6.45, 7) is 6.00. The summed E-state index contributed by atoms with van der Waals surface area (Å²) < 4.78 is 25.6. The number of Topliss-reactive ketones (excluding diaryl/α,β-unsaturated/α-hetero) is 1. The molecule has 1 atom stereocenters. The van der Waals surface area contributed by atoms with E-state index >= 15 is 0 Å². The van der Waals surface area contributed by atoms with Gasteiger partial charge >= 0.3 is 0 Å². The van der Waals surface area contributed by atoms with Crippen molar-refractivity contribution in [2.24, 2.45) is 0 Å². The largest absolute Gasteiger partial charge is 0.508 e. The molecule has 1 heterocycles. The van der Waals surface area contributed by atoms with E-state index in [1.807, 2.05) is 32.9 Å². The molecule has 0 radical (unpaired) electrons. The maximum atomic E-state index is 12.8. The van der Waals surface area contributed by atoms with E-state index in [0.29, 0.717) is 18.4 Å². The normalized spacial score (nSPS) is 19.0. The maximum Gasteiger partial charge on any atom is 0.188 e. The minimum atomic E-state index is -3.66. The lowest BCUT2D eigenvalue weighted by atomic mass is 9.85. The summed E-state index contributed by atoms with van der Waals surface area (Å²) in [5, 5.41) is 9.24. The van der Waals surface area contributed by atoms with E-state index in [1.165, 1.54) is 0 Å². The van der Waals surface area contributed by atoms with E-state index in [9.17, 15) is 18.3 Å². The minimum Gasteiger partial charge on any atom is -0.508 e. The molecule has 138 valence electrons. The fourth-order valence-corrected chi connectivity index (χ4v) is 5.52. The van der Waals surface area contributed by atoms with Crippen LogP contribution in [-0.4, -0.2) is 24.6 Å². The quantitative estimate of drug-likeness (QED) is 0.894. The Labute approximate surface area is 154 Å². The molecule has 0 saturated heterocycles. The molecular weight excluding hydrogens is 348 g/mol. The lowest BCUT2D eigenvalue weighted by Crippen LogP contribution is -2.35. The van der Waals surface area contributed by atoms with E-state index < -0.39 is 15.1 Å². The lowest BCUT2D eigenvalue weighted by molar-refractivity contribution is -0.118. The van der Waals surface area contributed by atoms with Crippen molar-refractivity contribution in [3.63, 3.8) is 0 Å². The molecule has 1 aliphatic heterocycles. The van der Waals surface area contributed by atoms with Crippen LogP contribution in [0.1, 0.15) is 43.9 Å². The standard InChI is InChI=1S/C21H24O4S/c1-21(2,3)16-10-8-14(12-17(16)22)13-18(23)20-11-9-15-6-4-5-7-19(15)26(20,24)25/h4-8,10,12,20,22H,9,11,13H2,1-3H3. The molecule has 0 amide bonds. The monoisotopic (exact) mass is 372 g/mol. The van der Waals surface area contributed by atoms with Gasteiger partial charge in [-0.25, -0.2) is 8.42 Å². The van der Waals surface area contributed by atoms with Crippen LogP contribution in [0, 0.1) is 0 Å². The van der Waals surface area contributed by atoms with Gasteiger partial charge < -0.3 is 5.11 Å². The van der Waals surface area contributed by atoms with Crippen LogP contribution in [0.5, 0.6) is 5.75 Å². The molecule has 2 aromatic carbocycles. The Kier molecular flexibility index (Phi) is 4.69. The highest BCUT2D eigenvalue weighted by molar-refractivity contribution is 7.93. The second kappa shape index (κ2) is 6.54. The molecule has 3 rings (SSSR count). The summed E-state index contributed by atoms with van der Waals surface area (Å²) >= 11 is 0. The van der Waals surface area contributed by atoms with Crippen LogP contribution < -0.4 is 0 Å². The van der Waals surface area contributed by atoms with E-state index in [4.69, 9.17) is 0 Å². The maximum absolute atomic E-state index is 12.8. The molecule has 0 fully saturated rings. The van der Waals surface area contributed by atoms with Crippen molar-refractivity contribution in [3.8, 4) is 5.75 Å². The van der Waals surface area contributed by atoms with E-state index in [2.05, 4.69) is 0 Å². The van der Waals surface area contributed by atoms with Crippen molar-refractivity contribution < 1.29 is 18.3 Å². The second-order valence-corrected chi connectivity index (χ2v) is 10.0. The summed E-state index contributed by atoms with van der Waals surface area (Å²) in [4.78, 5) is 13.0. The average molecular weight is 372 g/mol. The molecule has 2 aromatic rings. The number of carbonyl (C=O) groups excluding carboxylic acids is 1. The Balaban J connectivity index is 1.84. The number of phenols is 1. The highest BCUT2D eigenvalue weighted by Crippen LogP contribution is 2.33. The van der Waals surface area contributed by atoms with Gasteiger partial charge in [-0.2, -0.15) is 0 Å². The predicted molar refractivity (Wildman–Crippen MR) is 101 cm³/mol. The van der Waals surface area contributed by atoms with Crippen LogP contribution in [-0.2, 0) is 32.9 Å². The lowest BCUT2D eigenvalue weighted by Gasteiger charge is -2.24. The number of benzene rings is 2. The second-order valence-electron chi connectivity index (χ2n) is 7.92. The molecular formula is C21H24O4S. The number of carbonyl (C=O) groups is 1. The highest BCUT2D eigenvalue weighted by Gasteiger charge is 2.38. The number of rotatable bonds is 3. The summed E-state index contributed by atoms with van der Waals surface area (Å²) in [5.74, 6) is -0.179. The molecule has 0 spiro atoms. The minimum absolute atomic E-state index is 0.00401. The molecule has 0 bridgehead atoms. The summed E-state index contributed by atoms with van der Waals surface area (Å²) in [7, 11) is -3.66. The van der Waals surface area contributed by atoms with Gasteiger partial charge in [0.2, 0.25) is 0 Å². The molecule has 26 heavy (non-hydrogen) atoms. The van der Waals surface area contributed by atoms with Crippen LogP contribution in [0.2, 0.25) is 0 Å². The summed E-state index contributed by atoms with van der Waals surface area (Å²) in [5.41, 5.74) is 2.01. The topological polar surface area (TPSA) is 71.4 Å². The molecule has 1 unspecified atom stereocenters. The van der Waals surface area contributed by atoms with Crippen molar-refractivity contribution in [1.29, 1.82) is 0 Å². The zero-order valence-corrected chi connectivity index (χ0v) is 16.1. The van der Waals surface area contributed by atoms with Gasteiger partial charge in [-0.3, -0.25) is 4.79 Å². The van der Waals surface area contributed by atoms with Gasteiger partial charge in [0.1, 0.15) is 11.0 Å². The van der Waals surface area contributed by atoms with E-state index in [1.54, 1.807) is 30.3 Å². The third-order valence-corrected chi connectivity index (χ3v) is 7.20. The Morgan fingerprint density at radius 3 is 2.50 bits per heavy atom. The van der Waals surface area contributed by atoms with Crippen molar-refractivity contribution in [2.45, 2.75) is 55.6 Å². The van der Waals surface area contributed by atoms with Gasteiger partial charge in [0, 0.05) is 6.42 Å². The van der Waals surface area contributed by atoms with Gasteiger partial charge in [-0.1, -0.05) is 51.1 Å². The van der Waals surface area contributed by atoms with Crippen molar-refractivity contribution >= 4 is 15.6 Å². The number of hydrogen-bond acceptors (Lipinski definition) is 4. The van der Waals surface area contributed by atoms with Crippen LogP contribution in [0.25, 0.3) is 0 Å². The number of aromatic hydroxyl groups is 1. The van der Waals surface area contributed by atoms with Crippen molar-refractivity contribution in [2.75, 3.05) is 0 Å². The van der Waals surface area contributed by atoms with Gasteiger partial charge in [-0.15, -0.1) is 0 Å². The SMILES string of the molecule is CC(C)(C)c1ccc(CC(=O)C2CCc3ccccc3S2(=O)=O)cc1O. The van der Waals surface area contributed by atoms with Crippen LogP contribution in [0.3, 0.4) is 0 Å². The molecule has 0 aromatic heterocycles. The number of aryl methyl sites for hydroxylation is 1. The van der Waals surface area contributed by atoms with Crippen LogP contribution in [0.15, 0.2) is 47.4 Å². The van der Waals surface area contributed by atoms with Crippen LogP contribution in [0.4, 0.5) is 0 Å². The first-order valence-electron chi connectivity index (χ1n) is 8.77. The number of fused-ring (bicyclic) bond motifs is 1. The van der Waals surface area contributed by atoms with Crippen LogP contribution >= 0.6 is 0 Å². The average Bonchev–Trinajstić information content (AvgIpc) is 2.53. The number of hydrogen-bond donors (Lipinski definition) is 1. The fourth-order valence-electron chi connectivity index (χ4n) is 3.55. The van der Waals surface area contributed by atoms with Gasteiger partial charge in [0.15, 0.2) is 15.6 Å². The predicted octanol–water partition coefficient (Wildman–Crippen LogP) is 3.59. The molecule has 0 saturated carbocycles. The highest BCUT2D eigenvalue weighted by atomic mass is 32.2. The molecule has 0 aliphatic carbocycles. The van der Waals surface area contributed by atoms with E-state index in [0.717, 1.165) is 11.1 Å². The zero-order valence-electron chi connectivity index (χ0n) is 15.3. The number of sulfone groups is 1. The first kappa shape index (κ1) is 18.6. The number of ketones is 1. The Morgan fingerprint density at radius 2 is 1.85 bits per heavy atom. The Bertz CT molecular complexity index is 952. The van der Waals surface area contributed by atoms with Crippen molar-refractivity contribution in [3.05, 3.63) is 59.2 Å². The Hall–Kier alpha value is -2.14. The molecule has 1 N–H and O–H groups in total. The smallest absolute Gasteiger partial charge is 0.188 e. The first-order valence-corrected chi connectivity index (χ1v) is 10.3. The molecule has 4 nitrogen and oxygen atoms in total. The Morgan fingerprint density at radius 1 is 1.15 bits per heavy atom. The fraction of sp³-hybridized carbons (Fsp3) is 0.381. The zero-order chi connectivity index (χ0) is 19.1. The van der Waals surface area contributed by atoms with Gasteiger partial charge in [0.25, 0.3) is 0 Å². The van der Waals surface area contributed by atoms with E-state index in [-0.39, 0.29) is 28.3 Å². The molecule has 5 heteroatoms. The third-order valence-electron chi connectivity index (χ3n) is 4.94. The summed E-state index contributed by atoms with van der Waals surface area (Å²) in [6, 6.07) is 12.1. The number of phenolic OH excluding ortho intramolecular Hbond substituents is 1. The summed E-state index contributed by atoms with van der Waals surface area (Å²) in [6.07, 6.45) is 0.897. The van der Waals surface area contributed by atoms with Crippen molar-refractivity contribution in [1.82, 2.24) is 0 Å².